The first-order valence-corrected chi connectivity index (χ1v) is 4.84. The Bertz CT molecular complexity index is 474. The van der Waals surface area contributed by atoms with Crippen LogP contribution in [0.15, 0.2) is 30.6 Å². The molecule has 1 aromatic heterocycles. The van der Waals surface area contributed by atoms with Crippen LogP contribution in [0, 0.1) is 6.92 Å². The minimum absolute atomic E-state index is 0.880. The van der Waals surface area contributed by atoms with Crippen molar-refractivity contribution in [1.82, 2.24) is 9.55 Å². The molecule has 0 N–H and O–H groups in total. The first kappa shape index (κ1) is 9.77. The molecule has 0 radical (unpaired) electrons. The van der Waals surface area contributed by atoms with Gasteiger partial charge in [-0.1, -0.05) is 0 Å². The molecule has 78 valence electrons. The monoisotopic (exact) mass is 202 g/mol. The predicted octanol–water partition coefficient (Wildman–Crippen LogP) is 2.40. The fourth-order valence-electron chi connectivity index (χ4n) is 1.64. The Labute approximate surface area is 89.3 Å². The second-order valence-corrected chi connectivity index (χ2v) is 3.54. The second-order valence-electron chi connectivity index (χ2n) is 3.54. The van der Waals surface area contributed by atoms with Gasteiger partial charge >= 0.3 is 0 Å². The van der Waals surface area contributed by atoms with Crippen molar-refractivity contribution in [1.29, 1.82) is 0 Å². The normalized spacial score (nSPS) is 10.3. The lowest BCUT2D eigenvalue weighted by molar-refractivity contribution is 0.414. The topological polar surface area (TPSA) is 27.1 Å². The van der Waals surface area contributed by atoms with Crippen LogP contribution in [0.2, 0.25) is 0 Å². The van der Waals surface area contributed by atoms with E-state index in [1.54, 1.807) is 13.3 Å². The van der Waals surface area contributed by atoms with Crippen molar-refractivity contribution in [3.63, 3.8) is 0 Å². The fourth-order valence-corrected chi connectivity index (χ4v) is 1.64. The van der Waals surface area contributed by atoms with Gasteiger partial charge in [-0.05, 0) is 30.7 Å². The van der Waals surface area contributed by atoms with E-state index in [0.29, 0.717) is 0 Å². The quantitative estimate of drug-likeness (QED) is 0.747. The molecule has 0 aliphatic carbocycles. The molecule has 15 heavy (non-hydrogen) atoms. The Morgan fingerprint density at radius 2 is 2.13 bits per heavy atom. The van der Waals surface area contributed by atoms with Gasteiger partial charge in [0, 0.05) is 25.0 Å². The molecule has 0 saturated carbocycles. The second kappa shape index (κ2) is 3.77. The third-order valence-corrected chi connectivity index (χ3v) is 2.50. The van der Waals surface area contributed by atoms with Crippen LogP contribution >= 0.6 is 0 Å². The number of nitrogens with zero attached hydrogens (tertiary/aromatic N) is 2. The van der Waals surface area contributed by atoms with Crippen LogP contribution in [0.25, 0.3) is 11.4 Å². The molecule has 0 amide bonds. The summed E-state index contributed by atoms with van der Waals surface area (Å²) in [7, 11) is 3.67. The van der Waals surface area contributed by atoms with E-state index in [9.17, 15) is 0 Å². The van der Waals surface area contributed by atoms with Gasteiger partial charge in [-0.3, -0.25) is 0 Å². The molecule has 1 aromatic carbocycles. The number of methoxy groups -OCH3 is 1. The van der Waals surface area contributed by atoms with Gasteiger partial charge in [-0.25, -0.2) is 4.98 Å². The van der Waals surface area contributed by atoms with Gasteiger partial charge in [0.1, 0.15) is 11.6 Å². The molecular weight excluding hydrogens is 188 g/mol. The van der Waals surface area contributed by atoms with Crippen molar-refractivity contribution in [2.24, 2.45) is 7.05 Å². The van der Waals surface area contributed by atoms with Gasteiger partial charge in [0.05, 0.1) is 7.11 Å². The van der Waals surface area contributed by atoms with E-state index in [1.165, 1.54) is 5.56 Å². The van der Waals surface area contributed by atoms with E-state index in [-0.39, 0.29) is 0 Å². The maximum absolute atomic E-state index is 5.17. The molecule has 2 aromatic rings. The molecule has 0 bridgehead atoms. The van der Waals surface area contributed by atoms with Crippen LogP contribution in [0.1, 0.15) is 5.56 Å². The van der Waals surface area contributed by atoms with E-state index < -0.39 is 0 Å². The number of aryl methyl sites for hydroxylation is 2. The van der Waals surface area contributed by atoms with Crippen LogP contribution in [-0.4, -0.2) is 16.7 Å². The van der Waals surface area contributed by atoms with Crippen LogP contribution < -0.4 is 4.74 Å². The number of imidazole rings is 1. The molecule has 1 heterocycles. The van der Waals surface area contributed by atoms with Gasteiger partial charge in [-0.2, -0.15) is 0 Å². The summed E-state index contributed by atoms with van der Waals surface area (Å²) < 4.78 is 7.18. The molecular formula is C12H14N2O. The molecule has 0 saturated heterocycles. The molecule has 3 heteroatoms. The number of hydrogen-bond donors (Lipinski definition) is 0. The van der Waals surface area contributed by atoms with Crippen molar-refractivity contribution >= 4 is 0 Å². The minimum Gasteiger partial charge on any atom is -0.497 e. The Kier molecular flexibility index (Phi) is 2.46. The number of aromatic nitrogens is 2. The molecule has 0 aliphatic rings. The molecule has 3 nitrogen and oxygen atoms in total. The number of ether oxygens (including phenoxy) is 1. The zero-order valence-corrected chi connectivity index (χ0v) is 9.19. The van der Waals surface area contributed by atoms with E-state index >= 15 is 0 Å². The highest BCUT2D eigenvalue weighted by Gasteiger charge is 2.06. The highest BCUT2D eigenvalue weighted by Crippen LogP contribution is 2.24. The third-order valence-electron chi connectivity index (χ3n) is 2.50. The lowest BCUT2D eigenvalue weighted by Crippen LogP contribution is -1.94. The first-order chi connectivity index (χ1) is 7.22. The lowest BCUT2D eigenvalue weighted by Gasteiger charge is -2.07. The maximum atomic E-state index is 5.17. The maximum Gasteiger partial charge on any atom is 0.139 e. The van der Waals surface area contributed by atoms with Gasteiger partial charge in [0.2, 0.25) is 0 Å². The summed E-state index contributed by atoms with van der Waals surface area (Å²) in [6.07, 6.45) is 3.75. The van der Waals surface area contributed by atoms with Gasteiger partial charge < -0.3 is 9.30 Å². The van der Waals surface area contributed by atoms with E-state index in [1.807, 2.05) is 36.0 Å². The Morgan fingerprint density at radius 1 is 1.33 bits per heavy atom. The van der Waals surface area contributed by atoms with E-state index in [2.05, 4.69) is 11.9 Å². The number of hydrogen-bond acceptors (Lipinski definition) is 2. The summed E-state index contributed by atoms with van der Waals surface area (Å²) in [4.78, 5) is 4.32. The Morgan fingerprint density at radius 3 is 2.67 bits per heavy atom. The molecule has 0 fully saturated rings. The van der Waals surface area contributed by atoms with E-state index in [4.69, 9.17) is 4.74 Å². The van der Waals surface area contributed by atoms with Crippen LogP contribution in [0.4, 0.5) is 0 Å². The summed E-state index contributed by atoms with van der Waals surface area (Å²) in [6, 6.07) is 6.01. The zero-order valence-electron chi connectivity index (χ0n) is 9.19. The zero-order chi connectivity index (χ0) is 10.8. The highest BCUT2D eigenvalue weighted by molar-refractivity contribution is 5.61. The molecule has 2 rings (SSSR count). The number of benzene rings is 1. The average molecular weight is 202 g/mol. The van der Waals surface area contributed by atoms with Crippen molar-refractivity contribution < 1.29 is 4.74 Å². The SMILES string of the molecule is COc1ccc(-c2nccn2C)c(C)c1. The van der Waals surface area contributed by atoms with Crippen molar-refractivity contribution in [2.45, 2.75) is 6.92 Å². The van der Waals surface area contributed by atoms with Gasteiger partial charge in [0.25, 0.3) is 0 Å². The summed E-state index contributed by atoms with van der Waals surface area (Å²) >= 11 is 0. The van der Waals surface area contributed by atoms with Crippen molar-refractivity contribution in [3.05, 3.63) is 36.2 Å². The van der Waals surface area contributed by atoms with Crippen molar-refractivity contribution in [3.8, 4) is 17.1 Å². The first-order valence-electron chi connectivity index (χ1n) is 4.84. The van der Waals surface area contributed by atoms with Crippen LogP contribution in [0.3, 0.4) is 0 Å². The predicted molar refractivity (Wildman–Crippen MR) is 59.9 cm³/mol. The van der Waals surface area contributed by atoms with Crippen LogP contribution in [0.5, 0.6) is 5.75 Å². The molecule has 0 spiro atoms. The highest BCUT2D eigenvalue weighted by atomic mass is 16.5. The summed E-state index contributed by atoms with van der Waals surface area (Å²) in [5.41, 5.74) is 2.31. The summed E-state index contributed by atoms with van der Waals surface area (Å²) in [5, 5.41) is 0. The largest absolute Gasteiger partial charge is 0.497 e. The Balaban J connectivity index is 2.50. The lowest BCUT2D eigenvalue weighted by atomic mass is 10.1. The number of rotatable bonds is 2. The van der Waals surface area contributed by atoms with Crippen molar-refractivity contribution in [2.75, 3.05) is 7.11 Å². The third kappa shape index (κ3) is 1.73. The smallest absolute Gasteiger partial charge is 0.139 e. The Hall–Kier alpha value is -1.77. The van der Waals surface area contributed by atoms with Crippen LogP contribution in [-0.2, 0) is 7.05 Å². The molecule has 0 aliphatic heterocycles. The van der Waals surface area contributed by atoms with E-state index in [0.717, 1.165) is 17.1 Å². The average Bonchev–Trinajstić information content (AvgIpc) is 2.64. The summed E-state index contributed by atoms with van der Waals surface area (Å²) in [5.74, 6) is 1.86. The summed E-state index contributed by atoms with van der Waals surface area (Å²) in [6.45, 7) is 2.06. The standard InChI is InChI=1S/C12H14N2O/c1-9-8-10(15-3)4-5-11(9)12-13-6-7-14(12)2/h4-8H,1-3H3. The molecule has 0 atom stereocenters. The molecule has 0 unspecified atom stereocenters. The van der Waals surface area contributed by atoms with Gasteiger partial charge in [0.15, 0.2) is 0 Å². The fraction of sp³-hybridized carbons (Fsp3) is 0.250. The minimum atomic E-state index is 0.880. The van der Waals surface area contributed by atoms with Gasteiger partial charge in [-0.15, -0.1) is 0 Å².